The normalized spacial score (nSPS) is 12.7. The van der Waals surface area contributed by atoms with Crippen LogP contribution in [-0.4, -0.2) is 32.6 Å². The molecule has 0 aromatic heterocycles. The van der Waals surface area contributed by atoms with Gasteiger partial charge in [-0.2, -0.15) is 0 Å². The van der Waals surface area contributed by atoms with Crippen molar-refractivity contribution in [2.75, 3.05) is 22.8 Å². The third-order valence-corrected chi connectivity index (χ3v) is 7.26. The summed E-state index contributed by atoms with van der Waals surface area (Å²) in [7, 11) is -3.67. The van der Waals surface area contributed by atoms with E-state index < -0.39 is 15.9 Å². The van der Waals surface area contributed by atoms with Gasteiger partial charge in [0.15, 0.2) is 11.7 Å². The number of carbonyl (C=O) groups is 1. The van der Waals surface area contributed by atoms with E-state index in [1.807, 2.05) is 24.3 Å². The molecular weight excluding hydrogens is 482 g/mol. The van der Waals surface area contributed by atoms with Crippen molar-refractivity contribution in [3.05, 3.63) is 83.4 Å². The van der Waals surface area contributed by atoms with Crippen LogP contribution < -0.4 is 19.7 Å². The van der Waals surface area contributed by atoms with Gasteiger partial charge in [-0.25, -0.2) is 8.42 Å². The molecule has 33 heavy (non-hydrogen) atoms. The smallest absolute Gasteiger partial charge is 0.264 e. The number of benzene rings is 3. The van der Waals surface area contributed by atoms with Crippen LogP contribution in [0.5, 0.6) is 5.75 Å². The highest BCUT2D eigenvalue weighted by atomic mass is 35.5. The Morgan fingerprint density at radius 3 is 2.45 bits per heavy atom. The lowest BCUT2D eigenvalue weighted by molar-refractivity contribution is -0.121. The third kappa shape index (κ3) is 5.44. The fraction of sp³-hybridized carbons (Fsp3) is 0.130. The Labute approximate surface area is 202 Å². The summed E-state index contributed by atoms with van der Waals surface area (Å²) in [5.74, 6) is 0.0696. The van der Waals surface area contributed by atoms with E-state index in [-0.39, 0.29) is 16.6 Å². The van der Waals surface area contributed by atoms with Gasteiger partial charge in [0.2, 0.25) is 0 Å². The largest absolute Gasteiger partial charge is 0.484 e. The number of nitrogens with one attached hydrogen (secondary N) is 2. The molecule has 10 heteroatoms. The van der Waals surface area contributed by atoms with Gasteiger partial charge in [-0.3, -0.25) is 14.4 Å². The van der Waals surface area contributed by atoms with Gasteiger partial charge in [0.25, 0.3) is 15.9 Å². The minimum absolute atomic E-state index is 0.0729. The van der Waals surface area contributed by atoms with E-state index in [1.165, 1.54) is 16.4 Å². The average Bonchev–Trinajstić information content (AvgIpc) is 3.24. The van der Waals surface area contributed by atoms with Gasteiger partial charge in [-0.05, 0) is 78.8 Å². The van der Waals surface area contributed by atoms with E-state index >= 15 is 0 Å². The number of carbonyl (C=O) groups excluding carboxylic acids is 1. The van der Waals surface area contributed by atoms with Crippen LogP contribution in [0.15, 0.2) is 77.7 Å². The molecule has 1 aliphatic heterocycles. The van der Waals surface area contributed by atoms with Crippen LogP contribution in [0.4, 0.5) is 11.4 Å². The van der Waals surface area contributed by atoms with Crippen LogP contribution in [0.1, 0.15) is 5.56 Å². The minimum atomic E-state index is -3.67. The Kier molecular flexibility index (Phi) is 6.83. The van der Waals surface area contributed by atoms with Crippen LogP contribution in [0.3, 0.4) is 0 Å². The van der Waals surface area contributed by atoms with Gasteiger partial charge in [-0.15, -0.1) is 0 Å². The van der Waals surface area contributed by atoms with Gasteiger partial charge in [0.1, 0.15) is 5.75 Å². The third-order valence-electron chi connectivity index (χ3n) is 4.98. The number of amides is 1. The summed E-state index contributed by atoms with van der Waals surface area (Å²) in [6, 6.07) is 20.3. The molecule has 170 valence electrons. The molecule has 1 amide bonds. The second-order valence-electron chi connectivity index (χ2n) is 7.23. The zero-order valence-electron chi connectivity index (χ0n) is 17.3. The lowest BCUT2D eigenvalue weighted by Gasteiger charge is -2.19. The second-order valence-corrected chi connectivity index (χ2v) is 9.93. The number of thiocarbonyl (C=S) groups is 1. The van der Waals surface area contributed by atoms with E-state index in [0.717, 1.165) is 5.56 Å². The maximum absolute atomic E-state index is 13.1. The molecule has 0 atom stereocenters. The van der Waals surface area contributed by atoms with Crippen molar-refractivity contribution < 1.29 is 17.9 Å². The fourth-order valence-corrected chi connectivity index (χ4v) is 5.26. The van der Waals surface area contributed by atoms with Crippen molar-refractivity contribution in [1.29, 1.82) is 0 Å². The number of hydrogen-bond donors (Lipinski definition) is 2. The molecule has 1 aliphatic rings. The molecule has 3 aromatic carbocycles. The lowest BCUT2D eigenvalue weighted by Crippen LogP contribution is -2.37. The monoisotopic (exact) mass is 501 g/mol. The Bertz CT molecular complexity index is 1280. The molecule has 0 saturated carbocycles. The SMILES string of the molecule is O=C(COc1ccc(Cl)cc1)NC(=S)Nc1ccc(S(=O)(=O)N2CCc3ccccc32)cc1. The zero-order valence-corrected chi connectivity index (χ0v) is 19.7. The van der Waals surface area contributed by atoms with Gasteiger partial charge in [0.05, 0.1) is 10.6 Å². The predicted octanol–water partition coefficient (Wildman–Crippen LogP) is 3.98. The summed E-state index contributed by atoms with van der Waals surface area (Å²) in [5, 5.41) is 6.02. The number of sulfonamides is 1. The lowest BCUT2D eigenvalue weighted by atomic mass is 10.2. The number of para-hydroxylation sites is 1. The van der Waals surface area contributed by atoms with E-state index in [9.17, 15) is 13.2 Å². The molecule has 3 aromatic rings. The Balaban J connectivity index is 1.33. The standard InChI is InChI=1S/C23H20ClN3O4S2/c24-17-5-9-19(10-6-17)31-15-22(28)26-23(32)25-18-7-11-20(12-8-18)33(29,30)27-14-13-16-3-1-2-4-21(16)27/h1-12H,13-15H2,(H2,25,26,28,32). The van der Waals surface area contributed by atoms with Crippen molar-refractivity contribution >= 4 is 56.2 Å². The van der Waals surface area contributed by atoms with E-state index in [2.05, 4.69) is 10.6 Å². The molecule has 0 radical (unpaired) electrons. The number of anilines is 2. The Morgan fingerprint density at radius 2 is 1.73 bits per heavy atom. The average molecular weight is 502 g/mol. The first-order valence-corrected chi connectivity index (χ1v) is 12.3. The van der Waals surface area contributed by atoms with Crippen LogP contribution >= 0.6 is 23.8 Å². The molecular formula is C23H20ClN3O4S2. The summed E-state index contributed by atoms with van der Waals surface area (Å²) >= 11 is 11.0. The number of rotatable bonds is 6. The van der Waals surface area contributed by atoms with E-state index in [0.29, 0.717) is 35.1 Å². The summed E-state index contributed by atoms with van der Waals surface area (Å²) < 4.78 is 33.0. The summed E-state index contributed by atoms with van der Waals surface area (Å²) in [5.41, 5.74) is 2.27. The zero-order chi connectivity index (χ0) is 23.4. The number of hydrogen-bond acceptors (Lipinski definition) is 5. The summed E-state index contributed by atoms with van der Waals surface area (Å²) in [4.78, 5) is 12.2. The second kappa shape index (κ2) is 9.78. The first kappa shape index (κ1) is 23.0. The molecule has 0 bridgehead atoms. The van der Waals surface area contributed by atoms with E-state index in [4.69, 9.17) is 28.6 Å². The van der Waals surface area contributed by atoms with Crippen molar-refractivity contribution in [3.8, 4) is 5.75 Å². The van der Waals surface area contributed by atoms with Crippen molar-refractivity contribution in [2.24, 2.45) is 0 Å². The molecule has 4 rings (SSSR count). The first-order chi connectivity index (χ1) is 15.8. The molecule has 7 nitrogen and oxygen atoms in total. The molecule has 0 fully saturated rings. The fourth-order valence-electron chi connectivity index (χ4n) is 3.40. The Hall–Kier alpha value is -3.14. The number of nitrogens with zero attached hydrogens (tertiary/aromatic N) is 1. The van der Waals surface area contributed by atoms with Crippen LogP contribution in [0.25, 0.3) is 0 Å². The minimum Gasteiger partial charge on any atom is -0.484 e. The van der Waals surface area contributed by atoms with Gasteiger partial charge in [-0.1, -0.05) is 29.8 Å². The predicted molar refractivity (Wildman–Crippen MR) is 132 cm³/mol. The Morgan fingerprint density at radius 1 is 1.03 bits per heavy atom. The van der Waals surface area contributed by atoms with Gasteiger partial charge in [0, 0.05) is 17.3 Å². The number of fused-ring (bicyclic) bond motifs is 1. The molecule has 0 unspecified atom stereocenters. The number of halogens is 1. The van der Waals surface area contributed by atoms with Gasteiger partial charge < -0.3 is 10.1 Å². The maximum Gasteiger partial charge on any atom is 0.264 e. The van der Waals surface area contributed by atoms with Crippen molar-refractivity contribution in [1.82, 2.24) is 5.32 Å². The molecule has 0 aliphatic carbocycles. The van der Waals surface area contributed by atoms with Crippen molar-refractivity contribution in [3.63, 3.8) is 0 Å². The van der Waals surface area contributed by atoms with E-state index in [1.54, 1.807) is 36.4 Å². The van der Waals surface area contributed by atoms with Gasteiger partial charge >= 0.3 is 0 Å². The summed E-state index contributed by atoms with van der Waals surface area (Å²) in [6.45, 7) is 0.188. The first-order valence-electron chi connectivity index (χ1n) is 10.0. The van der Waals surface area contributed by atoms with Crippen LogP contribution in [0.2, 0.25) is 5.02 Å². The van der Waals surface area contributed by atoms with Crippen LogP contribution in [-0.2, 0) is 21.2 Å². The quantitative estimate of drug-likeness (QED) is 0.497. The summed E-state index contributed by atoms with van der Waals surface area (Å²) in [6.07, 6.45) is 0.685. The topological polar surface area (TPSA) is 87.7 Å². The molecule has 0 spiro atoms. The molecule has 2 N–H and O–H groups in total. The molecule has 0 saturated heterocycles. The maximum atomic E-state index is 13.1. The highest BCUT2D eigenvalue weighted by Crippen LogP contribution is 2.32. The highest BCUT2D eigenvalue weighted by molar-refractivity contribution is 7.92. The van der Waals surface area contributed by atoms with Crippen molar-refractivity contribution in [2.45, 2.75) is 11.3 Å². The highest BCUT2D eigenvalue weighted by Gasteiger charge is 2.30. The number of ether oxygens (including phenoxy) is 1. The molecule has 1 heterocycles. The van der Waals surface area contributed by atoms with Crippen LogP contribution in [0, 0.1) is 0 Å².